The minimum absolute atomic E-state index is 0.174. The highest BCUT2D eigenvalue weighted by Gasteiger charge is 2.27. The van der Waals surface area contributed by atoms with E-state index in [4.69, 9.17) is 9.97 Å². The molecule has 4 heterocycles. The van der Waals surface area contributed by atoms with E-state index in [-0.39, 0.29) is 5.92 Å². The molecule has 1 atom stereocenters. The summed E-state index contributed by atoms with van der Waals surface area (Å²) < 4.78 is 4.89. The maximum Gasteiger partial charge on any atom is 0.236 e. The van der Waals surface area contributed by atoms with E-state index in [0.717, 1.165) is 33.9 Å². The molecule has 0 saturated heterocycles. The second-order valence-corrected chi connectivity index (χ2v) is 16.9. The van der Waals surface area contributed by atoms with E-state index < -0.39 is 0 Å². The molecule has 0 fully saturated rings. The molecule has 0 radical (unpaired) electrons. The van der Waals surface area contributed by atoms with Crippen molar-refractivity contribution in [2.75, 3.05) is 0 Å². The molecule has 5 heteroatoms. The molecule has 11 aromatic rings. The summed E-state index contributed by atoms with van der Waals surface area (Å²) in [5.41, 5.74) is 9.84. The van der Waals surface area contributed by atoms with Crippen LogP contribution in [0.3, 0.4) is 0 Å². The van der Waals surface area contributed by atoms with Gasteiger partial charge in [0.05, 0.1) is 16.7 Å². The van der Waals surface area contributed by atoms with Gasteiger partial charge in [-0.1, -0.05) is 121 Å². The molecule has 0 N–H and O–H groups in total. The number of benzene rings is 7. The van der Waals surface area contributed by atoms with Crippen molar-refractivity contribution >= 4 is 96.4 Å². The number of nitrogens with zero attached hydrogens (tertiary/aromatic N) is 3. The molecule has 256 valence electrons. The van der Waals surface area contributed by atoms with E-state index in [9.17, 15) is 0 Å². The van der Waals surface area contributed by atoms with Crippen LogP contribution in [0.1, 0.15) is 18.0 Å². The lowest BCUT2D eigenvalue weighted by molar-refractivity contribution is 0.812. The highest BCUT2D eigenvalue weighted by molar-refractivity contribution is 7.25. The zero-order chi connectivity index (χ0) is 35.8. The highest BCUT2D eigenvalue weighted by Crippen LogP contribution is 2.55. The van der Waals surface area contributed by atoms with Gasteiger partial charge in [0.2, 0.25) is 5.95 Å². The largest absolute Gasteiger partial charge is 0.278 e. The van der Waals surface area contributed by atoms with Gasteiger partial charge in [0.25, 0.3) is 0 Å². The molecule has 2 aliphatic rings. The molecule has 0 amide bonds. The third kappa shape index (κ3) is 4.14. The van der Waals surface area contributed by atoms with Crippen LogP contribution in [0.4, 0.5) is 0 Å². The molecule has 0 spiro atoms. The molecular formula is C50H29N3S2. The number of fused-ring (bicyclic) bond motifs is 12. The molecule has 0 bridgehead atoms. The molecule has 55 heavy (non-hydrogen) atoms. The van der Waals surface area contributed by atoms with Crippen LogP contribution in [0.15, 0.2) is 158 Å². The Hall–Kier alpha value is -6.40. The van der Waals surface area contributed by atoms with Crippen LogP contribution in [0, 0.1) is 0 Å². The summed E-state index contributed by atoms with van der Waals surface area (Å²) in [4.78, 5) is 13.4. The van der Waals surface area contributed by atoms with E-state index in [1.54, 1.807) is 11.3 Å². The molecule has 7 aromatic carbocycles. The first-order chi connectivity index (χ1) is 27.3. The summed E-state index contributed by atoms with van der Waals surface area (Å²) in [5, 5.41) is 11.3. The normalized spacial score (nSPS) is 14.9. The second-order valence-electron chi connectivity index (χ2n) is 14.8. The average Bonchev–Trinajstić information content (AvgIpc) is 3.98. The number of hydrogen-bond acceptors (Lipinski definition) is 4. The molecule has 0 saturated carbocycles. The first-order valence-corrected chi connectivity index (χ1v) is 20.5. The first-order valence-electron chi connectivity index (χ1n) is 18.8. The van der Waals surface area contributed by atoms with Gasteiger partial charge in [-0.05, 0) is 81.1 Å². The molecule has 13 rings (SSSR count). The fourth-order valence-electron chi connectivity index (χ4n) is 9.46. The van der Waals surface area contributed by atoms with Crippen LogP contribution < -0.4 is 0 Å². The van der Waals surface area contributed by atoms with Gasteiger partial charge in [0, 0.05) is 58.3 Å². The van der Waals surface area contributed by atoms with Crippen molar-refractivity contribution in [3.63, 3.8) is 0 Å². The number of rotatable bonds is 3. The maximum absolute atomic E-state index is 5.56. The highest BCUT2D eigenvalue weighted by atomic mass is 32.1. The second kappa shape index (κ2) is 11.1. The predicted octanol–water partition coefficient (Wildman–Crippen LogP) is 14.4. The summed E-state index contributed by atoms with van der Waals surface area (Å²) in [7, 11) is 0. The predicted molar refractivity (Wildman–Crippen MR) is 235 cm³/mol. The van der Waals surface area contributed by atoms with Gasteiger partial charge in [0.1, 0.15) is 4.83 Å². The quantitative estimate of drug-likeness (QED) is 0.181. The number of hydrogen-bond donors (Lipinski definition) is 0. The van der Waals surface area contributed by atoms with Crippen LogP contribution in [0.5, 0.6) is 0 Å². The smallest absolute Gasteiger partial charge is 0.236 e. The Morgan fingerprint density at radius 3 is 2.22 bits per heavy atom. The third-order valence-electron chi connectivity index (χ3n) is 11.9. The van der Waals surface area contributed by atoms with Crippen LogP contribution in [0.25, 0.3) is 112 Å². The minimum atomic E-state index is 0.174. The molecule has 2 aliphatic carbocycles. The van der Waals surface area contributed by atoms with Crippen molar-refractivity contribution in [3.8, 4) is 38.6 Å². The fraction of sp³-hybridized carbons (Fsp3) is 0.0400. The zero-order valence-corrected chi connectivity index (χ0v) is 31.1. The molecular weight excluding hydrogens is 707 g/mol. The number of thiophene rings is 2. The van der Waals surface area contributed by atoms with Gasteiger partial charge in [-0.15, -0.1) is 22.7 Å². The molecule has 4 aromatic heterocycles. The lowest BCUT2D eigenvalue weighted by Gasteiger charge is -2.16. The van der Waals surface area contributed by atoms with Gasteiger partial charge >= 0.3 is 0 Å². The summed E-state index contributed by atoms with van der Waals surface area (Å²) in [6.45, 7) is 0. The van der Waals surface area contributed by atoms with Crippen LogP contribution in [-0.4, -0.2) is 14.5 Å². The Balaban J connectivity index is 1.10. The van der Waals surface area contributed by atoms with E-state index in [1.807, 2.05) is 11.3 Å². The molecule has 3 nitrogen and oxygen atoms in total. The Morgan fingerprint density at radius 1 is 0.545 bits per heavy atom. The topological polar surface area (TPSA) is 30.7 Å². The molecule has 0 aliphatic heterocycles. The Labute approximate surface area is 323 Å². The van der Waals surface area contributed by atoms with Crippen molar-refractivity contribution in [1.29, 1.82) is 0 Å². The van der Waals surface area contributed by atoms with E-state index >= 15 is 0 Å². The Kier molecular flexibility index (Phi) is 6.04. The fourth-order valence-corrected chi connectivity index (χ4v) is 11.8. The van der Waals surface area contributed by atoms with E-state index in [1.165, 1.54) is 90.6 Å². The van der Waals surface area contributed by atoms with Gasteiger partial charge < -0.3 is 0 Å². The number of allylic oxidation sites excluding steroid dienone is 4. The van der Waals surface area contributed by atoms with Gasteiger partial charge in [-0.2, -0.15) is 0 Å². The van der Waals surface area contributed by atoms with Crippen LogP contribution >= 0.6 is 22.7 Å². The Bertz CT molecular complexity index is 3530. The SMILES string of the molecule is C1=CCC(c2nc(-n3c4cc5ccccc5cc4c4c(-c5ccc6sc7c(c6c5)-c5cccc6cccc-7c56)cccc43)nc3sc4ccccc4c23)C=C1. The Morgan fingerprint density at radius 2 is 1.33 bits per heavy atom. The van der Waals surface area contributed by atoms with E-state index in [2.05, 4.69) is 162 Å². The minimum Gasteiger partial charge on any atom is -0.278 e. The standard InChI is InChI=1S/C50H29N3S2/c1-2-11-29(12-3-1)47-46-34-17-6-7-22-41(34)55-49(46)52-50(51-47)53-39-21-10-18-33(44(39)37-25-30-13-4-5-14-31(30)27-40(37)53)32-23-24-42-38(26-32)45-35-19-8-15-28-16-9-20-36(43(28)35)48(45)54-42/h1-11,13-27,29H,12H2. The van der Waals surface area contributed by atoms with Gasteiger partial charge in [-0.25, -0.2) is 9.97 Å². The van der Waals surface area contributed by atoms with Crippen molar-refractivity contribution in [1.82, 2.24) is 14.5 Å². The monoisotopic (exact) mass is 735 g/mol. The average molecular weight is 736 g/mol. The maximum atomic E-state index is 5.56. The summed E-state index contributed by atoms with van der Waals surface area (Å²) in [5.74, 6) is 0.897. The lowest BCUT2D eigenvalue weighted by Crippen LogP contribution is -2.07. The van der Waals surface area contributed by atoms with Crippen molar-refractivity contribution < 1.29 is 0 Å². The summed E-state index contributed by atoms with van der Waals surface area (Å²) in [6, 6.07) is 49.4. The third-order valence-corrected chi connectivity index (χ3v) is 14.1. The summed E-state index contributed by atoms with van der Waals surface area (Å²) in [6.07, 6.45) is 9.77. The van der Waals surface area contributed by atoms with Crippen LogP contribution in [0.2, 0.25) is 0 Å². The molecule has 1 unspecified atom stereocenters. The lowest BCUT2D eigenvalue weighted by atomic mass is 9.94. The van der Waals surface area contributed by atoms with Crippen molar-refractivity contribution in [3.05, 3.63) is 163 Å². The first kappa shape index (κ1) is 30.0. The van der Waals surface area contributed by atoms with E-state index in [0.29, 0.717) is 0 Å². The summed E-state index contributed by atoms with van der Waals surface area (Å²) >= 11 is 3.68. The van der Waals surface area contributed by atoms with Crippen molar-refractivity contribution in [2.24, 2.45) is 0 Å². The van der Waals surface area contributed by atoms with Gasteiger partial charge in [0.15, 0.2) is 0 Å². The zero-order valence-electron chi connectivity index (χ0n) is 29.5. The van der Waals surface area contributed by atoms with Crippen LogP contribution in [-0.2, 0) is 0 Å². The van der Waals surface area contributed by atoms with Gasteiger partial charge in [-0.3, -0.25) is 4.57 Å². The van der Waals surface area contributed by atoms with Crippen molar-refractivity contribution in [2.45, 2.75) is 12.3 Å². The number of aromatic nitrogens is 3.